The maximum Gasteiger partial charge on any atom is 0.0325 e. The van der Waals surface area contributed by atoms with E-state index < -0.39 is 0 Å². The average Bonchev–Trinajstić information content (AvgIpc) is 2.67. The Hall–Kier alpha value is -0.380. The molecular formula is C13H24N2S. The van der Waals surface area contributed by atoms with E-state index in [1.165, 1.54) is 4.88 Å². The number of hydrogen-bond acceptors (Lipinski definition) is 3. The van der Waals surface area contributed by atoms with Crippen molar-refractivity contribution >= 4 is 11.3 Å². The molecule has 0 aliphatic carbocycles. The standard InChI is InChI=1S/C13H24N2S/c1-11(14-4)13(2,3)10-15(5)9-12-7-6-8-16-12/h6-8,11,14H,9-10H2,1-5H3. The van der Waals surface area contributed by atoms with Gasteiger partial charge in [0.2, 0.25) is 0 Å². The van der Waals surface area contributed by atoms with Crippen LogP contribution in [-0.4, -0.2) is 31.6 Å². The van der Waals surface area contributed by atoms with Crippen molar-refractivity contribution in [3.8, 4) is 0 Å². The zero-order valence-electron chi connectivity index (χ0n) is 11.1. The summed E-state index contributed by atoms with van der Waals surface area (Å²) in [5.41, 5.74) is 0.292. The predicted octanol–water partition coefficient (Wildman–Crippen LogP) is 2.81. The SMILES string of the molecule is CNC(C)C(C)(C)CN(C)Cc1cccs1. The summed E-state index contributed by atoms with van der Waals surface area (Å²) in [6, 6.07) is 4.85. The van der Waals surface area contributed by atoms with E-state index in [-0.39, 0.29) is 0 Å². The van der Waals surface area contributed by atoms with Crippen LogP contribution >= 0.6 is 11.3 Å². The van der Waals surface area contributed by atoms with Crippen LogP contribution in [0, 0.1) is 5.41 Å². The topological polar surface area (TPSA) is 15.3 Å². The third kappa shape index (κ3) is 3.89. The monoisotopic (exact) mass is 240 g/mol. The molecule has 0 saturated carbocycles. The maximum atomic E-state index is 3.35. The van der Waals surface area contributed by atoms with Crippen LogP contribution < -0.4 is 5.32 Å². The van der Waals surface area contributed by atoms with Gasteiger partial charge in [-0.05, 0) is 37.9 Å². The summed E-state index contributed by atoms with van der Waals surface area (Å²) in [5, 5.41) is 5.49. The quantitative estimate of drug-likeness (QED) is 0.822. The molecule has 0 spiro atoms. The minimum Gasteiger partial charge on any atom is -0.317 e. The minimum atomic E-state index is 0.292. The first-order valence-electron chi connectivity index (χ1n) is 5.84. The Morgan fingerprint density at radius 1 is 1.50 bits per heavy atom. The lowest BCUT2D eigenvalue weighted by Gasteiger charge is -2.35. The zero-order valence-corrected chi connectivity index (χ0v) is 11.9. The van der Waals surface area contributed by atoms with E-state index in [9.17, 15) is 0 Å². The van der Waals surface area contributed by atoms with E-state index in [1.54, 1.807) is 0 Å². The highest BCUT2D eigenvalue weighted by molar-refractivity contribution is 7.09. The second-order valence-electron chi connectivity index (χ2n) is 5.25. The molecule has 1 aromatic heterocycles. The van der Waals surface area contributed by atoms with E-state index in [4.69, 9.17) is 0 Å². The van der Waals surface area contributed by atoms with Crippen molar-refractivity contribution in [3.05, 3.63) is 22.4 Å². The van der Waals surface area contributed by atoms with Crippen LogP contribution in [0.15, 0.2) is 17.5 Å². The Labute approximate surface area is 104 Å². The van der Waals surface area contributed by atoms with Gasteiger partial charge in [-0.1, -0.05) is 19.9 Å². The second kappa shape index (κ2) is 5.80. The average molecular weight is 240 g/mol. The van der Waals surface area contributed by atoms with E-state index >= 15 is 0 Å². The van der Waals surface area contributed by atoms with E-state index in [0.29, 0.717) is 11.5 Å². The molecule has 1 aromatic rings. The molecular weight excluding hydrogens is 216 g/mol. The van der Waals surface area contributed by atoms with Gasteiger partial charge in [0.1, 0.15) is 0 Å². The largest absolute Gasteiger partial charge is 0.317 e. The molecule has 0 bridgehead atoms. The van der Waals surface area contributed by atoms with Gasteiger partial charge in [0.15, 0.2) is 0 Å². The highest BCUT2D eigenvalue weighted by atomic mass is 32.1. The number of nitrogens with zero attached hydrogens (tertiary/aromatic N) is 1. The Kier molecular flexibility index (Phi) is 4.96. The molecule has 1 N–H and O–H groups in total. The van der Waals surface area contributed by atoms with E-state index in [2.05, 4.69) is 55.5 Å². The molecule has 3 heteroatoms. The fourth-order valence-corrected chi connectivity index (χ4v) is 2.73. The molecule has 0 fully saturated rings. The molecule has 92 valence electrons. The van der Waals surface area contributed by atoms with Crippen LogP contribution in [-0.2, 0) is 6.54 Å². The van der Waals surface area contributed by atoms with Gasteiger partial charge in [-0.2, -0.15) is 0 Å². The van der Waals surface area contributed by atoms with Crippen molar-refractivity contribution in [1.82, 2.24) is 10.2 Å². The highest BCUT2D eigenvalue weighted by Gasteiger charge is 2.26. The summed E-state index contributed by atoms with van der Waals surface area (Å²) in [4.78, 5) is 3.84. The minimum absolute atomic E-state index is 0.292. The lowest BCUT2D eigenvalue weighted by molar-refractivity contribution is 0.165. The van der Waals surface area contributed by atoms with Gasteiger partial charge in [-0.3, -0.25) is 0 Å². The molecule has 16 heavy (non-hydrogen) atoms. The predicted molar refractivity (Wildman–Crippen MR) is 73.0 cm³/mol. The van der Waals surface area contributed by atoms with Crippen molar-refractivity contribution in [2.24, 2.45) is 5.41 Å². The van der Waals surface area contributed by atoms with Gasteiger partial charge in [0.25, 0.3) is 0 Å². The first kappa shape index (κ1) is 13.7. The molecule has 0 aliphatic rings. The molecule has 0 radical (unpaired) electrons. The summed E-state index contributed by atoms with van der Waals surface area (Å²) >= 11 is 1.83. The van der Waals surface area contributed by atoms with Crippen LogP contribution in [0.2, 0.25) is 0 Å². The number of rotatable bonds is 6. The van der Waals surface area contributed by atoms with Gasteiger partial charge in [0.05, 0.1) is 0 Å². The van der Waals surface area contributed by atoms with Crippen LogP contribution in [0.4, 0.5) is 0 Å². The van der Waals surface area contributed by atoms with Gasteiger partial charge in [0, 0.05) is 24.0 Å². The molecule has 1 unspecified atom stereocenters. The van der Waals surface area contributed by atoms with Crippen molar-refractivity contribution in [1.29, 1.82) is 0 Å². The molecule has 0 saturated heterocycles. The Morgan fingerprint density at radius 2 is 2.19 bits per heavy atom. The molecule has 0 aromatic carbocycles. The van der Waals surface area contributed by atoms with E-state index in [1.807, 2.05) is 18.4 Å². The lowest BCUT2D eigenvalue weighted by Crippen LogP contribution is -2.44. The van der Waals surface area contributed by atoms with Gasteiger partial charge >= 0.3 is 0 Å². The molecule has 2 nitrogen and oxygen atoms in total. The van der Waals surface area contributed by atoms with Crippen LogP contribution in [0.25, 0.3) is 0 Å². The fourth-order valence-electron chi connectivity index (χ4n) is 1.95. The third-order valence-electron chi connectivity index (χ3n) is 3.29. The summed E-state index contributed by atoms with van der Waals surface area (Å²) in [6.45, 7) is 9.04. The first-order chi connectivity index (χ1) is 7.45. The summed E-state index contributed by atoms with van der Waals surface area (Å²) < 4.78 is 0. The Morgan fingerprint density at radius 3 is 2.69 bits per heavy atom. The van der Waals surface area contributed by atoms with Crippen molar-refractivity contribution < 1.29 is 0 Å². The Balaban J connectivity index is 2.47. The van der Waals surface area contributed by atoms with Crippen LogP contribution in [0.5, 0.6) is 0 Å². The molecule has 0 aliphatic heterocycles. The smallest absolute Gasteiger partial charge is 0.0325 e. The molecule has 1 atom stereocenters. The third-order valence-corrected chi connectivity index (χ3v) is 4.15. The second-order valence-corrected chi connectivity index (χ2v) is 6.28. The van der Waals surface area contributed by atoms with Gasteiger partial charge < -0.3 is 10.2 Å². The number of thiophene rings is 1. The summed E-state index contributed by atoms with van der Waals surface area (Å²) in [7, 11) is 4.23. The van der Waals surface area contributed by atoms with Crippen molar-refractivity contribution in [3.63, 3.8) is 0 Å². The number of nitrogens with one attached hydrogen (secondary N) is 1. The summed E-state index contributed by atoms with van der Waals surface area (Å²) in [5.74, 6) is 0. The van der Waals surface area contributed by atoms with Crippen molar-refractivity contribution in [2.45, 2.75) is 33.4 Å². The maximum absolute atomic E-state index is 3.35. The highest BCUT2D eigenvalue weighted by Crippen LogP contribution is 2.22. The number of hydrogen-bond donors (Lipinski definition) is 1. The van der Waals surface area contributed by atoms with Crippen LogP contribution in [0.3, 0.4) is 0 Å². The van der Waals surface area contributed by atoms with Gasteiger partial charge in [-0.25, -0.2) is 0 Å². The Bertz CT molecular complexity index is 293. The molecule has 0 amide bonds. The van der Waals surface area contributed by atoms with E-state index in [0.717, 1.165) is 13.1 Å². The fraction of sp³-hybridized carbons (Fsp3) is 0.692. The summed E-state index contributed by atoms with van der Waals surface area (Å²) in [6.07, 6.45) is 0. The first-order valence-corrected chi connectivity index (χ1v) is 6.72. The molecule has 1 heterocycles. The van der Waals surface area contributed by atoms with Crippen molar-refractivity contribution in [2.75, 3.05) is 20.6 Å². The van der Waals surface area contributed by atoms with Crippen LogP contribution in [0.1, 0.15) is 25.6 Å². The molecule has 1 rings (SSSR count). The lowest BCUT2D eigenvalue weighted by atomic mass is 9.85. The van der Waals surface area contributed by atoms with Gasteiger partial charge in [-0.15, -0.1) is 11.3 Å². The normalized spacial score (nSPS) is 14.4. The zero-order chi connectivity index (χ0) is 12.2.